The summed E-state index contributed by atoms with van der Waals surface area (Å²) in [6.07, 6.45) is 12.3. The van der Waals surface area contributed by atoms with E-state index in [9.17, 15) is 0 Å². The molecule has 1 heterocycles. The predicted molar refractivity (Wildman–Crippen MR) is 62.6 cm³/mol. The summed E-state index contributed by atoms with van der Waals surface area (Å²) in [6.45, 7) is 4.54. The standard InChI is InChI=1S/C13H23N/c1-3-5-7-12(8-6-4-2)13-9-10-14-11-13/h9-12,14H,3-8H2,1-2H3. The van der Waals surface area contributed by atoms with Gasteiger partial charge < -0.3 is 4.98 Å². The molecule has 0 fully saturated rings. The van der Waals surface area contributed by atoms with Crippen LogP contribution in [-0.2, 0) is 0 Å². The van der Waals surface area contributed by atoms with Crippen molar-refractivity contribution in [2.75, 3.05) is 0 Å². The molecule has 0 aliphatic carbocycles. The normalized spacial score (nSPS) is 11.1. The van der Waals surface area contributed by atoms with Crippen molar-refractivity contribution in [3.8, 4) is 0 Å². The van der Waals surface area contributed by atoms with Crippen molar-refractivity contribution in [2.24, 2.45) is 0 Å². The first-order valence-electron chi connectivity index (χ1n) is 6.01. The molecule has 0 atom stereocenters. The Morgan fingerprint density at radius 1 is 1.14 bits per heavy atom. The van der Waals surface area contributed by atoms with Crippen LogP contribution in [0.1, 0.15) is 63.9 Å². The molecule has 0 unspecified atom stereocenters. The zero-order valence-corrected chi connectivity index (χ0v) is 9.55. The quantitative estimate of drug-likeness (QED) is 0.657. The molecule has 0 spiro atoms. The molecular formula is C13H23N. The van der Waals surface area contributed by atoms with Crippen molar-refractivity contribution in [3.05, 3.63) is 24.0 Å². The number of nitrogens with one attached hydrogen (secondary N) is 1. The van der Waals surface area contributed by atoms with Gasteiger partial charge in [-0.2, -0.15) is 0 Å². The fraction of sp³-hybridized carbons (Fsp3) is 0.692. The van der Waals surface area contributed by atoms with Crippen LogP contribution in [0.4, 0.5) is 0 Å². The highest BCUT2D eigenvalue weighted by Gasteiger charge is 2.10. The number of aromatic amines is 1. The van der Waals surface area contributed by atoms with Crippen LogP contribution in [0.5, 0.6) is 0 Å². The number of unbranched alkanes of at least 4 members (excludes halogenated alkanes) is 2. The summed E-state index contributed by atoms with van der Waals surface area (Å²) in [5.74, 6) is 0.793. The van der Waals surface area contributed by atoms with Gasteiger partial charge in [-0.15, -0.1) is 0 Å². The van der Waals surface area contributed by atoms with Crippen LogP contribution in [0.15, 0.2) is 18.5 Å². The lowest BCUT2D eigenvalue weighted by molar-refractivity contribution is 0.525. The van der Waals surface area contributed by atoms with Gasteiger partial charge >= 0.3 is 0 Å². The molecule has 1 heteroatoms. The summed E-state index contributed by atoms with van der Waals surface area (Å²) in [5, 5.41) is 0. The zero-order valence-electron chi connectivity index (χ0n) is 9.55. The van der Waals surface area contributed by atoms with E-state index in [1.165, 1.54) is 44.1 Å². The average molecular weight is 193 g/mol. The molecule has 1 aromatic rings. The molecule has 80 valence electrons. The lowest BCUT2D eigenvalue weighted by atomic mass is 9.91. The Bertz CT molecular complexity index is 205. The van der Waals surface area contributed by atoms with Gasteiger partial charge in [-0.05, 0) is 30.4 Å². The molecular weight excluding hydrogens is 170 g/mol. The highest BCUT2D eigenvalue weighted by molar-refractivity contribution is 5.14. The van der Waals surface area contributed by atoms with Crippen molar-refractivity contribution < 1.29 is 0 Å². The fourth-order valence-corrected chi connectivity index (χ4v) is 1.97. The van der Waals surface area contributed by atoms with Gasteiger partial charge in [0.15, 0.2) is 0 Å². The second kappa shape index (κ2) is 6.69. The minimum Gasteiger partial charge on any atom is -0.367 e. The number of hydrogen-bond acceptors (Lipinski definition) is 0. The van der Waals surface area contributed by atoms with Gasteiger partial charge in [-0.25, -0.2) is 0 Å². The maximum Gasteiger partial charge on any atom is 0.00401 e. The van der Waals surface area contributed by atoms with E-state index in [2.05, 4.69) is 31.1 Å². The Labute approximate surface area is 87.9 Å². The molecule has 0 aliphatic rings. The van der Waals surface area contributed by atoms with Gasteiger partial charge in [0.1, 0.15) is 0 Å². The Hall–Kier alpha value is -0.720. The first kappa shape index (κ1) is 11.4. The van der Waals surface area contributed by atoms with E-state index >= 15 is 0 Å². The first-order chi connectivity index (χ1) is 6.88. The first-order valence-corrected chi connectivity index (χ1v) is 6.01. The van der Waals surface area contributed by atoms with Crippen LogP contribution in [0, 0.1) is 0 Å². The third-order valence-electron chi connectivity index (χ3n) is 2.91. The molecule has 0 amide bonds. The van der Waals surface area contributed by atoms with E-state index in [4.69, 9.17) is 0 Å². The van der Waals surface area contributed by atoms with Gasteiger partial charge in [0.25, 0.3) is 0 Å². The van der Waals surface area contributed by atoms with E-state index in [-0.39, 0.29) is 0 Å². The number of aromatic nitrogens is 1. The van der Waals surface area contributed by atoms with Crippen LogP contribution in [0.3, 0.4) is 0 Å². The molecule has 14 heavy (non-hydrogen) atoms. The van der Waals surface area contributed by atoms with Gasteiger partial charge in [-0.3, -0.25) is 0 Å². The predicted octanol–water partition coefficient (Wildman–Crippen LogP) is 4.48. The Morgan fingerprint density at radius 3 is 2.21 bits per heavy atom. The minimum absolute atomic E-state index is 0.793. The van der Waals surface area contributed by atoms with Crippen molar-refractivity contribution in [3.63, 3.8) is 0 Å². The van der Waals surface area contributed by atoms with Crippen molar-refractivity contribution in [2.45, 2.75) is 58.3 Å². The van der Waals surface area contributed by atoms with E-state index in [1.54, 1.807) is 0 Å². The molecule has 0 bridgehead atoms. The van der Waals surface area contributed by atoms with Crippen LogP contribution < -0.4 is 0 Å². The summed E-state index contributed by atoms with van der Waals surface area (Å²) in [6, 6.07) is 2.23. The Kier molecular flexibility index (Phi) is 5.43. The van der Waals surface area contributed by atoms with Gasteiger partial charge in [-0.1, -0.05) is 39.5 Å². The van der Waals surface area contributed by atoms with E-state index in [1.807, 2.05) is 6.20 Å². The Morgan fingerprint density at radius 2 is 1.79 bits per heavy atom. The van der Waals surface area contributed by atoms with Gasteiger partial charge in [0.2, 0.25) is 0 Å². The number of hydrogen-bond donors (Lipinski definition) is 1. The maximum atomic E-state index is 3.16. The van der Waals surface area contributed by atoms with Crippen LogP contribution in [-0.4, -0.2) is 4.98 Å². The fourth-order valence-electron chi connectivity index (χ4n) is 1.97. The van der Waals surface area contributed by atoms with Gasteiger partial charge in [0.05, 0.1) is 0 Å². The second-order valence-corrected chi connectivity index (χ2v) is 4.13. The smallest absolute Gasteiger partial charge is 0.00401 e. The summed E-state index contributed by atoms with van der Waals surface area (Å²) in [7, 11) is 0. The molecule has 1 N–H and O–H groups in total. The molecule has 0 saturated heterocycles. The van der Waals surface area contributed by atoms with Crippen LogP contribution >= 0.6 is 0 Å². The van der Waals surface area contributed by atoms with Gasteiger partial charge in [0, 0.05) is 12.4 Å². The summed E-state index contributed by atoms with van der Waals surface area (Å²) >= 11 is 0. The van der Waals surface area contributed by atoms with E-state index < -0.39 is 0 Å². The highest BCUT2D eigenvalue weighted by Crippen LogP contribution is 2.27. The maximum absolute atomic E-state index is 3.16. The summed E-state index contributed by atoms with van der Waals surface area (Å²) in [4.78, 5) is 3.16. The third-order valence-corrected chi connectivity index (χ3v) is 2.91. The lowest BCUT2D eigenvalue weighted by Crippen LogP contribution is -1.97. The van der Waals surface area contributed by atoms with Crippen LogP contribution in [0.25, 0.3) is 0 Å². The molecule has 0 aliphatic heterocycles. The average Bonchev–Trinajstić information content (AvgIpc) is 2.71. The molecule has 1 aromatic heterocycles. The molecule has 0 saturated carbocycles. The number of H-pyrrole nitrogens is 1. The largest absolute Gasteiger partial charge is 0.367 e. The molecule has 0 radical (unpaired) electrons. The van der Waals surface area contributed by atoms with Crippen LogP contribution in [0.2, 0.25) is 0 Å². The lowest BCUT2D eigenvalue weighted by Gasteiger charge is -2.14. The van der Waals surface area contributed by atoms with Crippen molar-refractivity contribution in [1.29, 1.82) is 0 Å². The third kappa shape index (κ3) is 3.57. The Balaban J connectivity index is 2.44. The second-order valence-electron chi connectivity index (χ2n) is 4.13. The SMILES string of the molecule is CCCCC(CCCC)c1cc[nH]c1. The van der Waals surface area contributed by atoms with E-state index in [0.717, 1.165) is 5.92 Å². The molecule has 0 aromatic carbocycles. The topological polar surface area (TPSA) is 15.8 Å². The monoisotopic (exact) mass is 193 g/mol. The van der Waals surface area contributed by atoms with E-state index in [0.29, 0.717) is 0 Å². The van der Waals surface area contributed by atoms with Crippen molar-refractivity contribution >= 4 is 0 Å². The minimum atomic E-state index is 0.793. The molecule has 1 rings (SSSR count). The summed E-state index contributed by atoms with van der Waals surface area (Å²) < 4.78 is 0. The highest BCUT2D eigenvalue weighted by atomic mass is 14.6. The van der Waals surface area contributed by atoms with Crippen molar-refractivity contribution in [1.82, 2.24) is 4.98 Å². The zero-order chi connectivity index (χ0) is 10.2. The summed E-state index contributed by atoms with van der Waals surface area (Å²) in [5.41, 5.74) is 1.51. The molecule has 1 nitrogen and oxygen atoms in total. The number of rotatable bonds is 7.